The van der Waals surface area contributed by atoms with Gasteiger partial charge >= 0.3 is 0 Å². The summed E-state index contributed by atoms with van der Waals surface area (Å²) in [5, 5.41) is 3.07. The van der Waals surface area contributed by atoms with Gasteiger partial charge in [0.1, 0.15) is 6.04 Å². The zero-order valence-corrected chi connectivity index (χ0v) is 19.3. The van der Waals surface area contributed by atoms with E-state index in [1.807, 2.05) is 12.1 Å². The van der Waals surface area contributed by atoms with Gasteiger partial charge in [-0.05, 0) is 56.2 Å². The van der Waals surface area contributed by atoms with Gasteiger partial charge in [0, 0.05) is 30.4 Å². The molecular formula is C23H22Cl2N4O4. The van der Waals surface area contributed by atoms with Gasteiger partial charge in [-0.3, -0.25) is 24.1 Å². The van der Waals surface area contributed by atoms with Gasteiger partial charge in [-0.2, -0.15) is 0 Å². The van der Waals surface area contributed by atoms with Crippen molar-refractivity contribution in [2.75, 3.05) is 23.3 Å². The van der Waals surface area contributed by atoms with Gasteiger partial charge in [0.15, 0.2) is 0 Å². The summed E-state index contributed by atoms with van der Waals surface area (Å²) in [4.78, 5) is 52.7. The summed E-state index contributed by atoms with van der Waals surface area (Å²) in [6, 6.07) is 8.89. The van der Waals surface area contributed by atoms with Crippen LogP contribution in [0.4, 0.5) is 11.4 Å². The highest BCUT2D eigenvalue weighted by atomic mass is 35.5. The third kappa shape index (κ3) is 4.41. The Balaban J connectivity index is 1.41. The van der Waals surface area contributed by atoms with Crippen LogP contribution in [0.3, 0.4) is 0 Å². The van der Waals surface area contributed by atoms with Crippen molar-refractivity contribution < 1.29 is 19.2 Å². The van der Waals surface area contributed by atoms with Crippen LogP contribution < -0.4 is 16.0 Å². The molecule has 2 aromatic carbocycles. The van der Waals surface area contributed by atoms with Gasteiger partial charge in [-0.15, -0.1) is 0 Å². The summed E-state index contributed by atoms with van der Waals surface area (Å²) < 4.78 is 0. The summed E-state index contributed by atoms with van der Waals surface area (Å²) in [7, 11) is 0. The van der Waals surface area contributed by atoms with E-state index in [0.29, 0.717) is 18.5 Å². The topological polar surface area (TPSA) is 113 Å². The first-order valence-electron chi connectivity index (χ1n) is 10.5. The van der Waals surface area contributed by atoms with E-state index in [1.54, 1.807) is 12.1 Å². The molecule has 172 valence electrons. The fourth-order valence-electron chi connectivity index (χ4n) is 4.15. The van der Waals surface area contributed by atoms with Gasteiger partial charge in [-0.1, -0.05) is 23.2 Å². The lowest BCUT2D eigenvalue weighted by Gasteiger charge is -2.32. The zero-order chi connectivity index (χ0) is 23.9. The Kier molecular flexibility index (Phi) is 6.32. The Morgan fingerprint density at radius 1 is 1.00 bits per heavy atom. The number of hydrogen-bond donors (Lipinski definition) is 2. The number of amides is 4. The largest absolute Gasteiger partial charge is 0.371 e. The highest BCUT2D eigenvalue weighted by molar-refractivity contribution is 6.43. The van der Waals surface area contributed by atoms with Crippen LogP contribution in [0.15, 0.2) is 36.4 Å². The van der Waals surface area contributed by atoms with Gasteiger partial charge < -0.3 is 16.0 Å². The minimum Gasteiger partial charge on any atom is -0.371 e. The molecule has 1 atom stereocenters. The monoisotopic (exact) mass is 488 g/mol. The number of imide groups is 1. The maximum absolute atomic E-state index is 12.8. The van der Waals surface area contributed by atoms with Gasteiger partial charge in [0.2, 0.25) is 11.8 Å². The molecule has 2 aliphatic heterocycles. The van der Waals surface area contributed by atoms with Crippen LogP contribution in [-0.2, 0) is 9.59 Å². The number of benzene rings is 2. The van der Waals surface area contributed by atoms with Crippen molar-refractivity contribution in [1.82, 2.24) is 4.90 Å². The van der Waals surface area contributed by atoms with E-state index in [2.05, 4.69) is 10.2 Å². The molecule has 10 heteroatoms. The number of carbonyl (C=O) groups is 4. The number of rotatable bonds is 5. The molecule has 0 saturated carbocycles. The van der Waals surface area contributed by atoms with Gasteiger partial charge in [-0.25, -0.2) is 0 Å². The van der Waals surface area contributed by atoms with E-state index in [9.17, 15) is 19.2 Å². The standard InChI is InChI=1S/C23H22Cl2N4O4/c1-12(29-22(32)16-10-18(24)19(25)11-17(16)23(29)33)21(31)27-14-2-4-15(5-3-14)28-8-6-13(7-9-28)20(26)30/h2-5,10-13H,6-9H2,1H3,(H2,26,30)(H,27,31). The van der Waals surface area contributed by atoms with Crippen molar-refractivity contribution in [3.05, 3.63) is 57.6 Å². The molecule has 0 aromatic heterocycles. The second kappa shape index (κ2) is 9.03. The van der Waals surface area contributed by atoms with Crippen LogP contribution in [0.2, 0.25) is 10.0 Å². The second-order valence-electron chi connectivity index (χ2n) is 8.17. The predicted molar refractivity (Wildman–Crippen MR) is 126 cm³/mol. The van der Waals surface area contributed by atoms with Gasteiger partial charge in [0.25, 0.3) is 11.8 Å². The van der Waals surface area contributed by atoms with Crippen LogP contribution >= 0.6 is 23.2 Å². The lowest BCUT2D eigenvalue weighted by Crippen LogP contribution is -2.45. The van der Waals surface area contributed by atoms with E-state index < -0.39 is 23.8 Å². The lowest BCUT2D eigenvalue weighted by atomic mass is 9.96. The number of hydrogen-bond acceptors (Lipinski definition) is 5. The lowest BCUT2D eigenvalue weighted by molar-refractivity contribution is -0.122. The number of nitrogens with zero attached hydrogens (tertiary/aromatic N) is 2. The van der Waals surface area contributed by atoms with Crippen LogP contribution in [0.5, 0.6) is 0 Å². The summed E-state index contributed by atoms with van der Waals surface area (Å²) >= 11 is 12.0. The predicted octanol–water partition coefficient (Wildman–Crippen LogP) is 3.32. The van der Waals surface area contributed by atoms with Crippen LogP contribution in [0, 0.1) is 5.92 Å². The molecule has 8 nitrogen and oxygen atoms in total. The molecule has 3 N–H and O–H groups in total. The normalized spacial score (nSPS) is 17.2. The molecule has 4 rings (SSSR count). The first-order valence-corrected chi connectivity index (χ1v) is 11.2. The Labute approximate surface area is 200 Å². The van der Waals surface area contributed by atoms with Crippen LogP contribution in [-0.4, -0.2) is 47.7 Å². The number of halogens is 2. The van der Waals surface area contributed by atoms with E-state index in [1.165, 1.54) is 19.1 Å². The Hall–Kier alpha value is -3.10. The number of carbonyl (C=O) groups excluding carboxylic acids is 4. The molecule has 2 aromatic rings. The number of piperidine rings is 1. The highest BCUT2D eigenvalue weighted by Crippen LogP contribution is 2.32. The molecule has 0 radical (unpaired) electrons. The number of fused-ring (bicyclic) bond motifs is 1. The van der Waals surface area contributed by atoms with Crippen molar-refractivity contribution in [3.8, 4) is 0 Å². The second-order valence-corrected chi connectivity index (χ2v) is 8.98. The maximum Gasteiger partial charge on any atom is 0.262 e. The van der Waals surface area contributed by atoms with Crippen molar-refractivity contribution in [2.24, 2.45) is 11.7 Å². The highest BCUT2D eigenvalue weighted by Gasteiger charge is 2.41. The molecule has 1 unspecified atom stereocenters. The van der Waals surface area contributed by atoms with E-state index in [4.69, 9.17) is 28.9 Å². The third-order valence-electron chi connectivity index (χ3n) is 6.12. The van der Waals surface area contributed by atoms with E-state index in [-0.39, 0.29) is 33.0 Å². The molecule has 0 aliphatic carbocycles. The quantitative estimate of drug-likeness (QED) is 0.626. The maximum atomic E-state index is 12.8. The fraction of sp³-hybridized carbons (Fsp3) is 0.304. The first-order chi connectivity index (χ1) is 15.7. The summed E-state index contributed by atoms with van der Waals surface area (Å²) in [5.74, 6) is -2.03. The molecule has 33 heavy (non-hydrogen) atoms. The molecule has 2 aliphatic rings. The fourth-order valence-corrected chi connectivity index (χ4v) is 4.47. The van der Waals surface area contributed by atoms with Crippen LogP contribution in [0.25, 0.3) is 0 Å². The smallest absolute Gasteiger partial charge is 0.262 e. The summed E-state index contributed by atoms with van der Waals surface area (Å²) in [5.41, 5.74) is 7.14. The molecule has 0 bridgehead atoms. The molecule has 0 spiro atoms. The van der Waals surface area contributed by atoms with E-state index in [0.717, 1.165) is 23.7 Å². The minimum atomic E-state index is -1.04. The van der Waals surface area contributed by atoms with Crippen molar-refractivity contribution >= 4 is 58.2 Å². The molecule has 4 amide bonds. The molecule has 2 heterocycles. The number of nitrogens with two attached hydrogens (primary N) is 1. The van der Waals surface area contributed by atoms with E-state index >= 15 is 0 Å². The average molecular weight is 489 g/mol. The third-order valence-corrected chi connectivity index (χ3v) is 6.85. The number of nitrogens with one attached hydrogen (secondary N) is 1. The zero-order valence-electron chi connectivity index (χ0n) is 17.8. The average Bonchev–Trinajstić information content (AvgIpc) is 3.03. The Morgan fingerprint density at radius 3 is 2.00 bits per heavy atom. The molecule has 1 saturated heterocycles. The van der Waals surface area contributed by atoms with Crippen molar-refractivity contribution in [1.29, 1.82) is 0 Å². The number of anilines is 2. The molecular weight excluding hydrogens is 467 g/mol. The van der Waals surface area contributed by atoms with Crippen LogP contribution in [0.1, 0.15) is 40.5 Å². The number of primary amides is 1. The Morgan fingerprint density at radius 2 is 1.52 bits per heavy atom. The first kappa shape index (κ1) is 23.1. The SMILES string of the molecule is CC(C(=O)Nc1ccc(N2CCC(C(N)=O)CC2)cc1)N1C(=O)c2cc(Cl)c(Cl)cc2C1=O. The Bertz CT molecular complexity index is 1100. The van der Waals surface area contributed by atoms with Crippen molar-refractivity contribution in [3.63, 3.8) is 0 Å². The minimum absolute atomic E-state index is 0.0875. The summed E-state index contributed by atoms with van der Waals surface area (Å²) in [6.45, 7) is 2.94. The van der Waals surface area contributed by atoms with Gasteiger partial charge in [0.05, 0.1) is 21.2 Å². The van der Waals surface area contributed by atoms with Crippen molar-refractivity contribution in [2.45, 2.75) is 25.8 Å². The molecule has 1 fully saturated rings. The summed E-state index contributed by atoms with van der Waals surface area (Å²) in [6.07, 6.45) is 1.42.